The van der Waals surface area contributed by atoms with Crippen molar-refractivity contribution in [2.75, 3.05) is 0 Å². The number of aryl methyl sites for hydroxylation is 2. The van der Waals surface area contributed by atoms with Crippen LogP contribution in [0, 0.1) is 31.0 Å². The number of thiophene rings is 1. The van der Waals surface area contributed by atoms with Crippen molar-refractivity contribution < 1.29 is 9.13 Å². The van der Waals surface area contributed by atoms with Crippen molar-refractivity contribution in [3.8, 4) is 11.8 Å². The van der Waals surface area contributed by atoms with E-state index in [1.165, 1.54) is 23.5 Å². The first-order chi connectivity index (χ1) is 12.0. The number of nitrogens with two attached hydrogens (primary N) is 1. The van der Waals surface area contributed by atoms with E-state index in [-0.39, 0.29) is 11.7 Å². The van der Waals surface area contributed by atoms with Gasteiger partial charge in [-0.05, 0) is 43.2 Å². The second kappa shape index (κ2) is 5.57. The summed E-state index contributed by atoms with van der Waals surface area (Å²) in [5.74, 6) is -0.129. The van der Waals surface area contributed by atoms with E-state index in [4.69, 9.17) is 10.5 Å². The predicted molar refractivity (Wildman–Crippen MR) is 94.8 cm³/mol. The van der Waals surface area contributed by atoms with Crippen LogP contribution in [0.2, 0.25) is 0 Å². The Hall–Kier alpha value is -2.91. The van der Waals surface area contributed by atoms with Gasteiger partial charge < -0.3 is 10.5 Å². The van der Waals surface area contributed by atoms with Crippen molar-refractivity contribution >= 4 is 21.6 Å². The molecule has 3 heterocycles. The normalized spacial score (nSPS) is 16.5. The highest BCUT2D eigenvalue weighted by Gasteiger charge is 2.34. The summed E-state index contributed by atoms with van der Waals surface area (Å²) in [5.41, 5.74) is 8.93. The lowest BCUT2D eigenvalue weighted by atomic mass is 9.88. The van der Waals surface area contributed by atoms with Crippen molar-refractivity contribution in [2.45, 2.75) is 19.8 Å². The van der Waals surface area contributed by atoms with Crippen LogP contribution < -0.4 is 10.5 Å². The summed E-state index contributed by atoms with van der Waals surface area (Å²) in [6, 6.07) is 10.3. The molecule has 0 saturated heterocycles. The summed E-state index contributed by atoms with van der Waals surface area (Å²) in [6.07, 6.45) is 0. The van der Waals surface area contributed by atoms with Gasteiger partial charge in [-0.1, -0.05) is 12.1 Å². The van der Waals surface area contributed by atoms with Crippen LogP contribution in [-0.2, 0) is 0 Å². The summed E-state index contributed by atoms with van der Waals surface area (Å²) >= 11 is 1.46. The molecule has 1 aromatic carbocycles. The Kier molecular flexibility index (Phi) is 3.48. The molecule has 4 rings (SSSR count). The van der Waals surface area contributed by atoms with Gasteiger partial charge in [0, 0.05) is 5.69 Å². The molecule has 0 saturated carbocycles. The molecule has 25 heavy (non-hydrogen) atoms. The topological polar surface area (TPSA) is 71.9 Å². The molecule has 0 fully saturated rings. The molecule has 1 aliphatic heterocycles. The van der Waals surface area contributed by atoms with E-state index in [0.29, 0.717) is 16.9 Å². The van der Waals surface area contributed by atoms with Crippen LogP contribution in [0.5, 0.6) is 5.75 Å². The number of nitrogens with zero attached hydrogens (tertiary/aromatic N) is 2. The molecule has 0 spiro atoms. The Labute approximate surface area is 148 Å². The van der Waals surface area contributed by atoms with Crippen molar-refractivity contribution in [3.63, 3.8) is 0 Å². The number of allylic oxidation sites excluding steroid dienone is 1. The third kappa shape index (κ3) is 2.36. The Morgan fingerprint density at radius 1 is 1.32 bits per heavy atom. The van der Waals surface area contributed by atoms with Crippen LogP contribution in [-0.4, -0.2) is 4.98 Å². The summed E-state index contributed by atoms with van der Waals surface area (Å²) in [5, 5.41) is 10.5. The molecule has 0 radical (unpaired) electrons. The molecule has 1 aliphatic rings. The minimum absolute atomic E-state index is 0.0592. The van der Waals surface area contributed by atoms with Crippen LogP contribution in [0.1, 0.15) is 27.6 Å². The Morgan fingerprint density at radius 2 is 2.12 bits per heavy atom. The zero-order valence-corrected chi connectivity index (χ0v) is 14.4. The number of rotatable bonds is 1. The summed E-state index contributed by atoms with van der Waals surface area (Å²) in [6.45, 7) is 3.92. The molecule has 3 aromatic rings. The first-order valence-electron chi connectivity index (χ1n) is 7.73. The molecule has 0 bridgehead atoms. The van der Waals surface area contributed by atoms with Crippen molar-refractivity contribution in [1.29, 1.82) is 5.26 Å². The molecular weight excluding hydrogens is 337 g/mol. The molecule has 4 nitrogen and oxygen atoms in total. The second-order valence-electron chi connectivity index (χ2n) is 6.04. The standard InChI is InChI=1S/C19H14FN3OS/c1-9-6-10(2)23-19-14(9)16-17(25-19)15(13(8-21)18(22)24-16)11-4-3-5-12(20)7-11/h3-7,15H,22H2,1-2H3/t15-/m0/s1. The quantitative estimate of drug-likeness (QED) is 0.711. The molecular formula is C19H14FN3OS. The number of nitriles is 1. The molecule has 2 aromatic heterocycles. The van der Waals surface area contributed by atoms with Crippen LogP contribution in [0.3, 0.4) is 0 Å². The van der Waals surface area contributed by atoms with Gasteiger partial charge in [0.2, 0.25) is 5.88 Å². The van der Waals surface area contributed by atoms with E-state index in [0.717, 1.165) is 26.4 Å². The van der Waals surface area contributed by atoms with E-state index in [1.807, 2.05) is 19.9 Å². The molecule has 2 N–H and O–H groups in total. The second-order valence-corrected chi connectivity index (χ2v) is 7.07. The Balaban J connectivity index is 2.04. The lowest BCUT2D eigenvalue weighted by molar-refractivity contribution is 0.401. The van der Waals surface area contributed by atoms with Gasteiger partial charge in [0.05, 0.1) is 16.2 Å². The van der Waals surface area contributed by atoms with Gasteiger partial charge in [-0.3, -0.25) is 0 Å². The SMILES string of the molecule is Cc1cc(C)c2c3c(sc2n1)[C@@H](c1cccc(F)c1)C(C#N)=C(N)O3. The maximum Gasteiger partial charge on any atom is 0.205 e. The fourth-order valence-corrected chi connectivity index (χ4v) is 4.64. The minimum Gasteiger partial charge on any atom is -0.439 e. The number of hydrogen-bond acceptors (Lipinski definition) is 5. The van der Waals surface area contributed by atoms with Gasteiger partial charge in [-0.15, -0.1) is 11.3 Å². The number of hydrogen-bond donors (Lipinski definition) is 1. The van der Waals surface area contributed by atoms with Crippen LogP contribution in [0.25, 0.3) is 10.2 Å². The number of aromatic nitrogens is 1. The number of ether oxygens (including phenoxy) is 1. The highest BCUT2D eigenvalue weighted by atomic mass is 32.1. The highest BCUT2D eigenvalue weighted by Crippen LogP contribution is 2.50. The fourth-order valence-electron chi connectivity index (χ4n) is 3.28. The lowest BCUT2D eigenvalue weighted by Gasteiger charge is -2.24. The Morgan fingerprint density at radius 3 is 2.84 bits per heavy atom. The third-order valence-electron chi connectivity index (χ3n) is 4.30. The van der Waals surface area contributed by atoms with E-state index >= 15 is 0 Å². The summed E-state index contributed by atoms with van der Waals surface area (Å²) in [4.78, 5) is 6.24. The van der Waals surface area contributed by atoms with E-state index < -0.39 is 5.92 Å². The van der Waals surface area contributed by atoms with Crippen molar-refractivity contribution in [2.24, 2.45) is 5.73 Å². The number of halogens is 1. The lowest BCUT2D eigenvalue weighted by Crippen LogP contribution is -2.19. The predicted octanol–water partition coefficient (Wildman–Crippen LogP) is 4.27. The van der Waals surface area contributed by atoms with Gasteiger partial charge in [0.25, 0.3) is 0 Å². The number of fused-ring (bicyclic) bond motifs is 3. The fraction of sp³-hybridized carbons (Fsp3) is 0.158. The maximum absolute atomic E-state index is 13.8. The van der Waals surface area contributed by atoms with Crippen molar-refractivity contribution in [3.05, 3.63) is 69.3 Å². The Bertz CT molecular complexity index is 1090. The first kappa shape index (κ1) is 15.6. The molecule has 0 amide bonds. The average molecular weight is 351 g/mol. The number of pyridine rings is 1. The van der Waals surface area contributed by atoms with Crippen LogP contribution in [0.15, 0.2) is 41.8 Å². The van der Waals surface area contributed by atoms with E-state index in [2.05, 4.69) is 11.1 Å². The monoisotopic (exact) mass is 351 g/mol. The van der Waals surface area contributed by atoms with Crippen molar-refractivity contribution in [1.82, 2.24) is 4.98 Å². The molecule has 0 unspecified atom stereocenters. The largest absolute Gasteiger partial charge is 0.439 e. The number of benzene rings is 1. The minimum atomic E-state index is -0.455. The van der Waals surface area contributed by atoms with Gasteiger partial charge in [-0.2, -0.15) is 5.26 Å². The average Bonchev–Trinajstić information content (AvgIpc) is 2.91. The van der Waals surface area contributed by atoms with Gasteiger partial charge in [-0.25, -0.2) is 9.37 Å². The van der Waals surface area contributed by atoms with Gasteiger partial charge in [0.1, 0.15) is 22.3 Å². The zero-order chi connectivity index (χ0) is 17.7. The summed E-state index contributed by atoms with van der Waals surface area (Å²) < 4.78 is 19.6. The van der Waals surface area contributed by atoms with E-state index in [1.54, 1.807) is 12.1 Å². The zero-order valence-electron chi connectivity index (χ0n) is 13.6. The van der Waals surface area contributed by atoms with Crippen LogP contribution in [0.4, 0.5) is 4.39 Å². The van der Waals surface area contributed by atoms with E-state index in [9.17, 15) is 9.65 Å². The molecule has 1 atom stereocenters. The molecule has 124 valence electrons. The smallest absolute Gasteiger partial charge is 0.205 e. The van der Waals surface area contributed by atoms with Gasteiger partial charge in [0.15, 0.2) is 5.75 Å². The van der Waals surface area contributed by atoms with Crippen LogP contribution >= 0.6 is 11.3 Å². The van der Waals surface area contributed by atoms with Gasteiger partial charge >= 0.3 is 0 Å². The molecule has 0 aliphatic carbocycles. The molecule has 6 heteroatoms. The highest BCUT2D eigenvalue weighted by molar-refractivity contribution is 7.19. The summed E-state index contributed by atoms with van der Waals surface area (Å²) in [7, 11) is 0. The third-order valence-corrected chi connectivity index (χ3v) is 5.43. The maximum atomic E-state index is 13.8. The first-order valence-corrected chi connectivity index (χ1v) is 8.55.